The van der Waals surface area contributed by atoms with Gasteiger partial charge in [-0.25, -0.2) is 4.98 Å². The molecule has 27 heavy (non-hydrogen) atoms. The van der Waals surface area contributed by atoms with Crippen LogP contribution in [0.2, 0.25) is 0 Å². The average molecular weight is 359 g/mol. The number of benzene rings is 1. The number of carbonyl (C=O) groups is 1. The second-order valence-corrected chi connectivity index (χ2v) is 6.56. The lowest BCUT2D eigenvalue weighted by Gasteiger charge is -2.05. The van der Waals surface area contributed by atoms with E-state index in [2.05, 4.69) is 15.4 Å². The van der Waals surface area contributed by atoms with Gasteiger partial charge in [0.05, 0.1) is 17.5 Å². The summed E-state index contributed by atoms with van der Waals surface area (Å²) in [6.45, 7) is 0.630. The highest BCUT2D eigenvalue weighted by atomic mass is 16.1. The molecule has 6 nitrogen and oxygen atoms in total. The van der Waals surface area contributed by atoms with Crippen molar-refractivity contribution in [2.75, 3.05) is 6.54 Å². The van der Waals surface area contributed by atoms with Crippen molar-refractivity contribution in [3.8, 4) is 11.3 Å². The Kier molecular flexibility index (Phi) is 4.70. The number of aryl methyl sites for hydroxylation is 2. The van der Waals surface area contributed by atoms with Crippen molar-refractivity contribution in [1.29, 1.82) is 0 Å². The number of rotatable bonds is 6. The first-order valence-corrected chi connectivity index (χ1v) is 8.99. The summed E-state index contributed by atoms with van der Waals surface area (Å²) in [5.74, 6) is -0.0713. The monoisotopic (exact) mass is 359 g/mol. The van der Waals surface area contributed by atoms with Crippen LogP contribution in [0.15, 0.2) is 67.3 Å². The maximum Gasteiger partial charge on any atom is 0.252 e. The summed E-state index contributed by atoms with van der Waals surface area (Å²) in [5.41, 5.74) is 4.58. The fourth-order valence-electron chi connectivity index (χ4n) is 3.07. The molecule has 3 heterocycles. The zero-order chi connectivity index (χ0) is 18.6. The molecule has 136 valence electrons. The maximum atomic E-state index is 12.4. The third-order valence-corrected chi connectivity index (χ3v) is 4.47. The fraction of sp³-hybridized carbons (Fsp3) is 0.190. The van der Waals surface area contributed by atoms with E-state index in [-0.39, 0.29) is 5.91 Å². The molecule has 4 aromatic rings. The van der Waals surface area contributed by atoms with E-state index in [1.54, 1.807) is 4.68 Å². The van der Waals surface area contributed by atoms with E-state index in [4.69, 9.17) is 0 Å². The summed E-state index contributed by atoms with van der Waals surface area (Å²) in [7, 11) is 1.90. The molecule has 1 N–H and O–H groups in total. The summed E-state index contributed by atoms with van der Waals surface area (Å²) in [5, 5.41) is 7.13. The van der Waals surface area contributed by atoms with Crippen molar-refractivity contribution in [2.45, 2.75) is 12.8 Å². The Morgan fingerprint density at radius 3 is 2.70 bits per heavy atom. The number of amides is 1. The molecular weight excluding hydrogens is 338 g/mol. The molecule has 1 aromatic carbocycles. The second-order valence-electron chi connectivity index (χ2n) is 6.56. The predicted octanol–water partition coefficient (Wildman–Crippen LogP) is 3.10. The van der Waals surface area contributed by atoms with Crippen LogP contribution in [0.1, 0.15) is 22.3 Å². The first-order chi connectivity index (χ1) is 13.2. The molecule has 1 amide bonds. The highest BCUT2D eigenvalue weighted by Gasteiger charge is 2.09. The molecule has 6 heteroatoms. The lowest BCUT2D eigenvalue weighted by Crippen LogP contribution is -2.25. The van der Waals surface area contributed by atoms with Gasteiger partial charge in [-0.1, -0.05) is 30.3 Å². The Balaban J connectivity index is 1.40. The Bertz CT molecular complexity index is 1060. The molecule has 0 saturated carbocycles. The molecule has 0 bridgehead atoms. The van der Waals surface area contributed by atoms with E-state index in [0.29, 0.717) is 12.1 Å². The molecule has 0 unspecified atom stereocenters. The van der Waals surface area contributed by atoms with Gasteiger partial charge in [-0.2, -0.15) is 5.10 Å². The highest BCUT2D eigenvalue weighted by molar-refractivity contribution is 5.94. The van der Waals surface area contributed by atoms with Crippen molar-refractivity contribution in [1.82, 2.24) is 24.5 Å². The minimum absolute atomic E-state index is 0.0713. The van der Waals surface area contributed by atoms with Crippen molar-refractivity contribution in [3.63, 3.8) is 0 Å². The van der Waals surface area contributed by atoms with Gasteiger partial charge in [0.2, 0.25) is 0 Å². The third-order valence-electron chi connectivity index (χ3n) is 4.47. The van der Waals surface area contributed by atoms with Gasteiger partial charge in [-0.3, -0.25) is 9.48 Å². The molecule has 0 aliphatic rings. The van der Waals surface area contributed by atoms with Crippen molar-refractivity contribution >= 4 is 11.6 Å². The van der Waals surface area contributed by atoms with E-state index >= 15 is 0 Å². The Hall–Kier alpha value is -3.41. The molecule has 4 rings (SSSR count). The first-order valence-electron chi connectivity index (χ1n) is 8.99. The van der Waals surface area contributed by atoms with Crippen LogP contribution in [-0.4, -0.2) is 31.6 Å². The number of hydrogen-bond acceptors (Lipinski definition) is 3. The van der Waals surface area contributed by atoms with Gasteiger partial charge < -0.3 is 9.72 Å². The van der Waals surface area contributed by atoms with Crippen LogP contribution >= 0.6 is 0 Å². The van der Waals surface area contributed by atoms with Crippen molar-refractivity contribution in [2.24, 2.45) is 7.05 Å². The largest absolute Gasteiger partial charge is 0.352 e. The number of nitrogens with zero attached hydrogens (tertiary/aromatic N) is 4. The molecule has 0 saturated heterocycles. The van der Waals surface area contributed by atoms with E-state index in [1.165, 1.54) is 5.56 Å². The van der Waals surface area contributed by atoms with E-state index in [0.717, 1.165) is 29.7 Å². The van der Waals surface area contributed by atoms with Gasteiger partial charge in [0.25, 0.3) is 5.91 Å². The van der Waals surface area contributed by atoms with Crippen molar-refractivity contribution < 1.29 is 4.79 Å². The van der Waals surface area contributed by atoms with Crippen LogP contribution in [0.4, 0.5) is 0 Å². The summed E-state index contributed by atoms with van der Waals surface area (Å²) >= 11 is 0. The van der Waals surface area contributed by atoms with Gasteiger partial charge in [-0.15, -0.1) is 0 Å². The van der Waals surface area contributed by atoms with Gasteiger partial charge in [0, 0.05) is 37.7 Å². The number of nitrogens with one attached hydrogen (secondary N) is 1. The molecule has 0 aliphatic heterocycles. The summed E-state index contributed by atoms with van der Waals surface area (Å²) in [6, 6.07) is 13.7. The zero-order valence-corrected chi connectivity index (χ0v) is 15.2. The van der Waals surface area contributed by atoms with Gasteiger partial charge in [0.1, 0.15) is 5.65 Å². The molecule has 0 atom stereocenters. The highest BCUT2D eigenvalue weighted by Crippen LogP contribution is 2.19. The number of pyridine rings is 1. The van der Waals surface area contributed by atoms with Crippen LogP contribution < -0.4 is 5.32 Å². The second kappa shape index (κ2) is 7.45. The number of imidazole rings is 1. The number of fused-ring (bicyclic) bond motifs is 1. The normalized spacial score (nSPS) is 11.0. The lowest BCUT2D eigenvalue weighted by molar-refractivity contribution is 0.0953. The lowest BCUT2D eigenvalue weighted by atomic mass is 10.2. The number of hydrogen-bond donors (Lipinski definition) is 1. The van der Waals surface area contributed by atoms with E-state index in [1.807, 2.05) is 78.7 Å². The van der Waals surface area contributed by atoms with Crippen LogP contribution in [0.3, 0.4) is 0 Å². The van der Waals surface area contributed by atoms with Gasteiger partial charge in [0.15, 0.2) is 0 Å². The number of carbonyl (C=O) groups excluding carboxylic acids is 1. The molecule has 0 aliphatic carbocycles. The summed E-state index contributed by atoms with van der Waals surface area (Å²) < 4.78 is 3.69. The van der Waals surface area contributed by atoms with Crippen LogP contribution in [0.25, 0.3) is 16.9 Å². The molecule has 0 fully saturated rings. The maximum absolute atomic E-state index is 12.4. The fourth-order valence-corrected chi connectivity index (χ4v) is 3.07. The summed E-state index contributed by atoms with van der Waals surface area (Å²) in [4.78, 5) is 17.0. The molecule has 0 spiro atoms. The zero-order valence-electron chi connectivity index (χ0n) is 15.2. The molecule has 3 aromatic heterocycles. The first kappa shape index (κ1) is 17.0. The third kappa shape index (κ3) is 3.89. The van der Waals surface area contributed by atoms with E-state index < -0.39 is 0 Å². The number of aromatic nitrogens is 4. The van der Waals surface area contributed by atoms with Crippen molar-refractivity contribution in [3.05, 3.63) is 78.4 Å². The Morgan fingerprint density at radius 1 is 1.07 bits per heavy atom. The SMILES string of the molecule is Cn1cc(CCCNC(=O)c2ccc3nc(-c4ccccc4)cn3c2)cn1. The standard InChI is InChI=1S/C21H21N5O/c1-25-13-16(12-23-25)6-5-11-22-21(27)18-9-10-20-24-19(15-26(20)14-18)17-7-3-2-4-8-17/h2-4,7-10,12-15H,5-6,11H2,1H3,(H,22,27). The average Bonchev–Trinajstić information content (AvgIpc) is 3.31. The summed E-state index contributed by atoms with van der Waals surface area (Å²) in [6.07, 6.45) is 9.41. The van der Waals surface area contributed by atoms with Crippen LogP contribution in [0.5, 0.6) is 0 Å². The smallest absolute Gasteiger partial charge is 0.252 e. The topological polar surface area (TPSA) is 64.2 Å². The van der Waals surface area contributed by atoms with E-state index in [9.17, 15) is 4.79 Å². The quantitative estimate of drug-likeness (QED) is 0.538. The Morgan fingerprint density at radius 2 is 1.93 bits per heavy atom. The molecular formula is C21H21N5O. The predicted molar refractivity (Wildman–Crippen MR) is 104 cm³/mol. The minimum atomic E-state index is -0.0713. The minimum Gasteiger partial charge on any atom is -0.352 e. The van der Waals surface area contributed by atoms with Crippen LogP contribution in [0, 0.1) is 0 Å². The van der Waals surface area contributed by atoms with Crippen LogP contribution in [-0.2, 0) is 13.5 Å². The van der Waals surface area contributed by atoms with Gasteiger partial charge >= 0.3 is 0 Å². The Labute approximate surface area is 157 Å². The van der Waals surface area contributed by atoms with Gasteiger partial charge in [-0.05, 0) is 30.5 Å². The molecule has 0 radical (unpaired) electrons.